The van der Waals surface area contributed by atoms with Crippen molar-refractivity contribution in [2.45, 2.75) is 31.4 Å². The Morgan fingerprint density at radius 2 is 2.00 bits per heavy atom. The lowest BCUT2D eigenvalue weighted by molar-refractivity contribution is -0.339. The summed E-state index contributed by atoms with van der Waals surface area (Å²) in [6.45, 7) is 5.43. The van der Waals surface area contributed by atoms with Crippen LogP contribution >= 0.6 is 0 Å². The predicted octanol–water partition coefficient (Wildman–Crippen LogP) is 3.57. The first-order valence-corrected chi connectivity index (χ1v) is 5.95. The highest BCUT2D eigenvalue weighted by molar-refractivity contribution is 5.31. The monoisotopic (exact) mass is 272 g/mol. The van der Waals surface area contributed by atoms with Gasteiger partial charge < -0.3 is 9.47 Å². The van der Waals surface area contributed by atoms with Gasteiger partial charge in [0.1, 0.15) is 0 Å². The van der Waals surface area contributed by atoms with Crippen LogP contribution in [0.15, 0.2) is 36.9 Å². The molecule has 1 heterocycles. The summed E-state index contributed by atoms with van der Waals surface area (Å²) in [5, 5.41) is 0. The molecule has 0 amide bonds. The van der Waals surface area contributed by atoms with E-state index in [4.69, 9.17) is 9.47 Å². The summed E-state index contributed by atoms with van der Waals surface area (Å²) < 4.78 is 47.5. The molecule has 0 bridgehead atoms. The standard InChI is InChI=1S/C14H15F3O2/c1-3-12-11(10-7-5-4-6-9(10)2)8-18-13(19-12)14(15,16)17/h3-7,11-13H,1,8H2,2H3. The summed E-state index contributed by atoms with van der Waals surface area (Å²) in [6, 6.07) is 7.51. The van der Waals surface area contributed by atoms with Gasteiger partial charge in [-0.15, -0.1) is 6.58 Å². The molecule has 0 N–H and O–H groups in total. The molecule has 1 aromatic carbocycles. The SMILES string of the molecule is C=CC1OC(C(F)(F)F)OCC1c1ccccc1C. The van der Waals surface area contributed by atoms with Gasteiger partial charge >= 0.3 is 6.18 Å². The van der Waals surface area contributed by atoms with E-state index in [0.717, 1.165) is 11.1 Å². The molecule has 1 saturated heterocycles. The number of halogens is 3. The van der Waals surface area contributed by atoms with E-state index in [1.54, 1.807) is 0 Å². The molecule has 1 aliphatic rings. The number of aryl methyl sites for hydroxylation is 1. The average molecular weight is 272 g/mol. The highest BCUT2D eigenvalue weighted by atomic mass is 19.4. The minimum Gasteiger partial charge on any atom is -0.344 e. The Balaban J connectivity index is 2.21. The van der Waals surface area contributed by atoms with Crippen LogP contribution in [0.1, 0.15) is 17.0 Å². The van der Waals surface area contributed by atoms with Crippen molar-refractivity contribution in [3.63, 3.8) is 0 Å². The third-order valence-electron chi connectivity index (χ3n) is 3.19. The molecule has 104 valence electrons. The number of benzene rings is 1. The van der Waals surface area contributed by atoms with Crippen molar-refractivity contribution in [2.24, 2.45) is 0 Å². The molecule has 1 fully saturated rings. The van der Waals surface area contributed by atoms with Gasteiger partial charge in [-0.3, -0.25) is 0 Å². The highest BCUT2D eigenvalue weighted by Crippen LogP contribution is 2.35. The smallest absolute Gasteiger partial charge is 0.344 e. The molecular weight excluding hydrogens is 257 g/mol. The Morgan fingerprint density at radius 3 is 2.58 bits per heavy atom. The van der Waals surface area contributed by atoms with Gasteiger partial charge in [-0.2, -0.15) is 13.2 Å². The van der Waals surface area contributed by atoms with E-state index in [0.29, 0.717) is 0 Å². The van der Waals surface area contributed by atoms with Crippen LogP contribution in [0.5, 0.6) is 0 Å². The Morgan fingerprint density at radius 1 is 1.32 bits per heavy atom. The molecule has 2 nitrogen and oxygen atoms in total. The van der Waals surface area contributed by atoms with E-state index in [1.165, 1.54) is 6.08 Å². The molecule has 1 aliphatic heterocycles. The van der Waals surface area contributed by atoms with Crippen molar-refractivity contribution in [3.8, 4) is 0 Å². The van der Waals surface area contributed by atoms with Gasteiger partial charge in [0.2, 0.25) is 0 Å². The zero-order valence-corrected chi connectivity index (χ0v) is 10.5. The maximum Gasteiger partial charge on any atom is 0.440 e. The fraction of sp³-hybridized carbons (Fsp3) is 0.429. The van der Waals surface area contributed by atoms with Crippen molar-refractivity contribution in [3.05, 3.63) is 48.0 Å². The maximum atomic E-state index is 12.6. The summed E-state index contributed by atoms with van der Waals surface area (Å²) in [5.41, 5.74) is 1.92. The predicted molar refractivity (Wildman–Crippen MR) is 64.8 cm³/mol. The summed E-state index contributed by atoms with van der Waals surface area (Å²) in [5.74, 6) is -0.266. The lowest BCUT2D eigenvalue weighted by Gasteiger charge is -2.36. The fourth-order valence-corrected chi connectivity index (χ4v) is 2.22. The highest BCUT2D eigenvalue weighted by Gasteiger charge is 2.47. The van der Waals surface area contributed by atoms with Crippen molar-refractivity contribution in [1.29, 1.82) is 0 Å². The lowest BCUT2D eigenvalue weighted by atomic mass is 9.90. The Bertz CT molecular complexity index is 456. The minimum atomic E-state index is -4.52. The topological polar surface area (TPSA) is 18.5 Å². The molecule has 5 heteroatoms. The molecule has 1 aromatic rings. The zero-order chi connectivity index (χ0) is 14.0. The second kappa shape index (κ2) is 5.35. The van der Waals surface area contributed by atoms with E-state index < -0.39 is 18.6 Å². The summed E-state index contributed by atoms with van der Waals surface area (Å²) in [4.78, 5) is 0. The van der Waals surface area contributed by atoms with Crippen LogP contribution in [0.25, 0.3) is 0 Å². The maximum absolute atomic E-state index is 12.6. The largest absolute Gasteiger partial charge is 0.440 e. The van der Waals surface area contributed by atoms with Crippen LogP contribution in [0.3, 0.4) is 0 Å². The fourth-order valence-electron chi connectivity index (χ4n) is 2.22. The van der Waals surface area contributed by atoms with Crippen LogP contribution in [-0.2, 0) is 9.47 Å². The van der Waals surface area contributed by atoms with E-state index in [1.807, 2.05) is 31.2 Å². The van der Waals surface area contributed by atoms with Crippen LogP contribution in [-0.4, -0.2) is 25.2 Å². The van der Waals surface area contributed by atoms with Gasteiger partial charge in [0, 0.05) is 5.92 Å². The van der Waals surface area contributed by atoms with E-state index in [9.17, 15) is 13.2 Å². The van der Waals surface area contributed by atoms with Crippen molar-refractivity contribution >= 4 is 0 Å². The molecule has 0 aliphatic carbocycles. The summed E-state index contributed by atoms with van der Waals surface area (Å²) in [7, 11) is 0. The normalized spacial score (nSPS) is 28.1. The Kier molecular flexibility index (Phi) is 3.96. The second-order valence-corrected chi connectivity index (χ2v) is 4.51. The average Bonchev–Trinajstić information content (AvgIpc) is 2.37. The van der Waals surface area contributed by atoms with Gasteiger partial charge in [0.05, 0.1) is 12.7 Å². The van der Waals surface area contributed by atoms with Gasteiger partial charge in [-0.25, -0.2) is 0 Å². The summed E-state index contributed by atoms with van der Waals surface area (Å²) >= 11 is 0. The third kappa shape index (κ3) is 2.98. The van der Waals surface area contributed by atoms with Crippen molar-refractivity contribution in [2.75, 3.05) is 6.61 Å². The number of alkyl halides is 3. The number of ether oxygens (including phenoxy) is 2. The molecule has 19 heavy (non-hydrogen) atoms. The van der Waals surface area contributed by atoms with Gasteiger partial charge in [0.15, 0.2) is 0 Å². The van der Waals surface area contributed by atoms with E-state index >= 15 is 0 Å². The van der Waals surface area contributed by atoms with Crippen molar-refractivity contribution in [1.82, 2.24) is 0 Å². The third-order valence-corrected chi connectivity index (χ3v) is 3.19. The molecule has 3 unspecified atom stereocenters. The van der Waals surface area contributed by atoms with Gasteiger partial charge in [0.25, 0.3) is 6.29 Å². The quantitative estimate of drug-likeness (QED) is 0.766. The number of rotatable bonds is 2. The molecule has 0 saturated carbocycles. The van der Waals surface area contributed by atoms with E-state index in [2.05, 4.69) is 6.58 Å². The van der Waals surface area contributed by atoms with Gasteiger partial charge in [-0.1, -0.05) is 30.3 Å². The molecule has 0 radical (unpaired) electrons. The first-order valence-electron chi connectivity index (χ1n) is 5.95. The Hall–Kier alpha value is -1.33. The van der Waals surface area contributed by atoms with E-state index in [-0.39, 0.29) is 12.5 Å². The first-order chi connectivity index (χ1) is 8.93. The minimum absolute atomic E-state index is 0.0360. The number of hydrogen-bond donors (Lipinski definition) is 0. The molecule has 0 spiro atoms. The van der Waals surface area contributed by atoms with Crippen molar-refractivity contribution < 1.29 is 22.6 Å². The van der Waals surface area contributed by atoms with Crippen LogP contribution < -0.4 is 0 Å². The zero-order valence-electron chi connectivity index (χ0n) is 10.5. The molecule has 0 aromatic heterocycles. The molecule has 2 rings (SSSR count). The molecule has 3 atom stereocenters. The first kappa shape index (κ1) is 14.1. The second-order valence-electron chi connectivity index (χ2n) is 4.51. The molecular formula is C14H15F3O2. The van der Waals surface area contributed by atoms with Crippen LogP contribution in [0.4, 0.5) is 13.2 Å². The Labute approximate surface area is 109 Å². The van der Waals surface area contributed by atoms with Crippen LogP contribution in [0, 0.1) is 6.92 Å². The van der Waals surface area contributed by atoms with Gasteiger partial charge in [-0.05, 0) is 18.1 Å². The summed E-state index contributed by atoms with van der Waals surface area (Å²) in [6.07, 6.45) is -5.99. The number of hydrogen-bond acceptors (Lipinski definition) is 2. The lowest BCUT2D eigenvalue weighted by Crippen LogP contribution is -2.45. The van der Waals surface area contributed by atoms with Crippen LogP contribution in [0.2, 0.25) is 0 Å².